The van der Waals surface area contributed by atoms with Gasteiger partial charge in [-0.2, -0.15) is 0 Å². The lowest BCUT2D eigenvalue weighted by Gasteiger charge is -2.18. The first-order valence-electron chi connectivity index (χ1n) is 5.87. The highest BCUT2D eigenvalue weighted by molar-refractivity contribution is 9.11. The summed E-state index contributed by atoms with van der Waals surface area (Å²) >= 11 is 17.0. The van der Waals surface area contributed by atoms with Gasteiger partial charge in [0, 0.05) is 15.1 Å². The number of hydrogen-bond acceptors (Lipinski definition) is 1. The van der Waals surface area contributed by atoms with Gasteiger partial charge in [0.15, 0.2) is 0 Å². The Kier molecular flexibility index (Phi) is 5.57. The first-order chi connectivity index (χ1) is 9.45. The van der Waals surface area contributed by atoms with E-state index in [1.807, 2.05) is 18.2 Å². The van der Waals surface area contributed by atoms with Crippen molar-refractivity contribution in [1.29, 1.82) is 0 Å². The average Bonchev–Trinajstić information content (AvgIpc) is 2.40. The zero-order chi connectivity index (χ0) is 14.9. The van der Waals surface area contributed by atoms with Gasteiger partial charge < -0.3 is 4.74 Å². The Balaban J connectivity index is 2.58. The maximum Gasteiger partial charge on any atom is 0.137 e. The summed E-state index contributed by atoms with van der Waals surface area (Å²) in [6, 6.07) is 9.92. The van der Waals surface area contributed by atoms with Crippen LogP contribution in [0.1, 0.15) is 21.5 Å². The molecule has 0 aliphatic rings. The molecule has 0 aliphatic carbocycles. The molecule has 1 nitrogen and oxygen atoms in total. The molecule has 0 saturated carbocycles. The van der Waals surface area contributed by atoms with E-state index in [2.05, 4.69) is 66.8 Å². The minimum atomic E-state index is -0.0123. The number of hydrogen-bond donors (Lipinski definition) is 0. The van der Waals surface area contributed by atoms with E-state index in [1.165, 1.54) is 5.56 Å². The Morgan fingerprint density at radius 1 is 1.15 bits per heavy atom. The summed E-state index contributed by atoms with van der Waals surface area (Å²) in [5.74, 6) is 0.782. The fraction of sp³-hybridized carbons (Fsp3) is 0.200. The third-order valence-corrected chi connectivity index (χ3v) is 5.89. The highest BCUT2D eigenvalue weighted by atomic mass is 79.9. The van der Waals surface area contributed by atoms with Crippen LogP contribution >= 0.6 is 59.4 Å². The van der Waals surface area contributed by atoms with E-state index in [1.54, 1.807) is 7.11 Å². The predicted octanol–water partition coefficient (Wildman–Crippen LogP) is 6.67. The first kappa shape index (κ1) is 16.3. The number of methoxy groups -OCH3 is 1. The standard InChI is InChI=1S/C15H12Br3ClO/c1-8-4-3-5-10(13(8)17)14(18)11-6-9(19)7-12(16)15(11)20-2/h3-7,14H,1-2H3. The summed E-state index contributed by atoms with van der Waals surface area (Å²) in [5, 5.41) is 0.668. The van der Waals surface area contributed by atoms with Gasteiger partial charge in [0.25, 0.3) is 0 Å². The van der Waals surface area contributed by atoms with Crippen molar-refractivity contribution in [3.8, 4) is 5.75 Å². The van der Waals surface area contributed by atoms with Crippen LogP contribution in [0.15, 0.2) is 39.3 Å². The molecular weight excluding hydrogens is 471 g/mol. The molecule has 2 aromatic carbocycles. The molecule has 20 heavy (non-hydrogen) atoms. The Labute approximate surface area is 149 Å². The van der Waals surface area contributed by atoms with Crippen LogP contribution in [-0.2, 0) is 0 Å². The largest absolute Gasteiger partial charge is 0.495 e. The van der Waals surface area contributed by atoms with Crippen LogP contribution in [0.4, 0.5) is 0 Å². The number of benzene rings is 2. The van der Waals surface area contributed by atoms with Gasteiger partial charge in [0.05, 0.1) is 16.4 Å². The molecule has 0 spiro atoms. The molecule has 0 heterocycles. The Hall–Kier alpha value is -0.0300. The van der Waals surface area contributed by atoms with Gasteiger partial charge in [-0.15, -0.1) is 0 Å². The van der Waals surface area contributed by atoms with E-state index in [0.717, 1.165) is 25.8 Å². The van der Waals surface area contributed by atoms with E-state index < -0.39 is 0 Å². The maximum absolute atomic E-state index is 6.16. The molecule has 0 fully saturated rings. The Morgan fingerprint density at radius 3 is 2.50 bits per heavy atom. The predicted molar refractivity (Wildman–Crippen MR) is 95.4 cm³/mol. The topological polar surface area (TPSA) is 9.23 Å². The van der Waals surface area contributed by atoms with Gasteiger partial charge >= 0.3 is 0 Å². The zero-order valence-electron chi connectivity index (χ0n) is 10.9. The quantitative estimate of drug-likeness (QED) is 0.444. The molecule has 0 saturated heterocycles. The highest BCUT2D eigenvalue weighted by Gasteiger charge is 2.20. The first-order valence-corrected chi connectivity index (χ1v) is 8.75. The van der Waals surface area contributed by atoms with Crippen molar-refractivity contribution in [2.75, 3.05) is 7.11 Å². The third kappa shape index (κ3) is 3.24. The van der Waals surface area contributed by atoms with Gasteiger partial charge in [0.2, 0.25) is 0 Å². The number of aryl methyl sites for hydroxylation is 1. The molecule has 1 unspecified atom stereocenters. The molecule has 0 bridgehead atoms. The molecule has 0 radical (unpaired) electrons. The van der Waals surface area contributed by atoms with Gasteiger partial charge in [-0.3, -0.25) is 0 Å². The van der Waals surface area contributed by atoms with Crippen LogP contribution in [0.2, 0.25) is 5.02 Å². The van der Waals surface area contributed by atoms with E-state index >= 15 is 0 Å². The van der Waals surface area contributed by atoms with E-state index in [4.69, 9.17) is 16.3 Å². The molecule has 2 aromatic rings. The lowest BCUT2D eigenvalue weighted by Crippen LogP contribution is -2.00. The van der Waals surface area contributed by atoms with Gasteiger partial charge in [-0.1, -0.05) is 61.7 Å². The molecule has 5 heteroatoms. The lowest BCUT2D eigenvalue weighted by molar-refractivity contribution is 0.408. The second-order valence-corrected chi connectivity index (χ2v) is 7.35. The van der Waals surface area contributed by atoms with Crippen LogP contribution in [-0.4, -0.2) is 7.11 Å². The average molecular weight is 483 g/mol. The van der Waals surface area contributed by atoms with E-state index in [-0.39, 0.29) is 4.83 Å². The SMILES string of the molecule is COc1c(Br)cc(Cl)cc1C(Br)c1cccc(C)c1Br. The number of halogens is 4. The van der Waals surface area contributed by atoms with Crippen molar-refractivity contribution in [2.24, 2.45) is 0 Å². The van der Waals surface area contributed by atoms with Crippen LogP contribution in [0.3, 0.4) is 0 Å². The molecule has 2 rings (SSSR count). The Bertz CT molecular complexity index is 643. The fourth-order valence-electron chi connectivity index (χ4n) is 2.02. The molecule has 0 aliphatic heterocycles. The highest BCUT2D eigenvalue weighted by Crippen LogP contribution is 2.44. The fourth-order valence-corrected chi connectivity index (χ4v) is 4.54. The van der Waals surface area contributed by atoms with E-state index in [9.17, 15) is 0 Å². The normalized spacial score (nSPS) is 12.3. The number of ether oxygens (including phenoxy) is 1. The van der Waals surface area contributed by atoms with Gasteiger partial charge in [0.1, 0.15) is 5.75 Å². The zero-order valence-corrected chi connectivity index (χ0v) is 16.4. The monoisotopic (exact) mass is 480 g/mol. The second kappa shape index (κ2) is 6.82. The van der Waals surface area contributed by atoms with Crippen molar-refractivity contribution in [3.63, 3.8) is 0 Å². The smallest absolute Gasteiger partial charge is 0.137 e. The van der Waals surface area contributed by atoms with Crippen LogP contribution in [0.5, 0.6) is 5.75 Å². The summed E-state index contributed by atoms with van der Waals surface area (Å²) in [6.07, 6.45) is 0. The summed E-state index contributed by atoms with van der Waals surface area (Å²) in [5.41, 5.74) is 3.31. The van der Waals surface area contributed by atoms with Crippen molar-refractivity contribution in [2.45, 2.75) is 11.8 Å². The minimum Gasteiger partial charge on any atom is -0.495 e. The molecule has 0 aromatic heterocycles. The van der Waals surface area contributed by atoms with Crippen LogP contribution in [0, 0.1) is 6.92 Å². The minimum absolute atomic E-state index is 0.0123. The molecular formula is C15H12Br3ClO. The van der Waals surface area contributed by atoms with Crippen molar-refractivity contribution < 1.29 is 4.74 Å². The summed E-state index contributed by atoms with van der Waals surface area (Å²) in [6.45, 7) is 2.07. The molecule has 1 atom stereocenters. The van der Waals surface area contributed by atoms with Gasteiger partial charge in [-0.05, 0) is 46.1 Å². The molecule has 0 N–H and O–H groups in total. The maximum atomic E-state index is 6.16. The number of alkyl halides is 1. The summed E-state index contributed by atoms with van der Waals surface area (Å²) in [7, 11) is 1.66. The summed E-state index contributed by atoms with van der Waals surface area (Å²) < 4.78 is 7.42. The Morgan fingerprint density at radius 2 is 1.85 bits per heavy atom. The van der Waals surface area contributed by atoms with Crippen molar-refractivity contribution in [3.05, 3.63) is 61.0 Å². The van der Waals surface area contributed by atoms with Crippen LogP contribution in [0.25, 0.3) is 0 Å². The molecule has 106 valence electrons. The lowest BCUT2D eigenvalue weighted by atomic mass is 10.0. The van der Waals surface area contributed by atoms with Crippen molar-refractivity contribution in [1.82, 2.24) is 0 Å². The number of rotatable bonds is 3. The van der Waals surface area contributed by atoms with Crippen LogP contribution < -0.4 is 4.74 Å². The van der Waals surface area contributed by atoms with Crippen molar-refractivity contribution >= 4 is 59.4 Å². The molecule has 0 amide bonds. The second-order valence-electron chi connectivity index (χ2n) is 4.35. The van der Waals surface area contributed by atoms with E-state index in [0.29, 0.717) is 5.02 Å². The third-order valence-electron chi connectivity index (χ3n) is 3.01. The summed E-state index contributed by atoms with van der Waals surface area (Å²) in [4.78, 5) is -0.0123. The van der Waals surface area contributed by atoms with Gasteiger partial charge in [-0.25, -0.2) is 0 Å².